The topological polar surface area (TPSA) is 68.2 Å². The summed E-state index contributed by atoms with van der Waals surface area (Å²) >= 11 is 3.38. The van der Waals surface area contributed by atoms with E-state index in [4.69, 9.17) is 10.8 Å². The standard InChI is InChI=1S/C11H11BrN2O2/c1-14-8-3-2-7(12)4-6(8)5-9(14)10(13)11(15)16/h2-5,10H,13H2,1H3,(H,15,16). The Hall–Kier alpha value is -1.33. The largest absolute Gasteiger partial charge is 0.480 e. The SMILES string of the molecule is Cn1c(C(N)C(=O)O)cc2cc(Br)ccc21. The third kappa shape index (κ3) is 1.72. The minimum absolute atomic E-state index is 0.598. The number of halogens is 1. The zero-order chi connectivity index (χ0) is 11.9. The van der Waals surface area contributed by atoms with Gasteiger partial charge in [0.2, 0.25) is 0 Å². The molecule has 1 aromatic heterocycles. The Labute approximate surface area is 101 Å². The van der Waals surface area contributed by atoms with Gasteiger partial charge in [0.15, 0.2) is 0 Å². The van der Waals surface area contributed by atoms with Gasteiger partial charge in [0, 0.05) is 28.1 Å². The highest BCUT2D eigenvalue weighted by Gasteiger charge is 2.19. The fraction of sp³-hybridized carbons (Fsp3) is 0.182. The third-order valence-corrected chi connectivity index (χ3v) is 3.12. The molecular formula is C11H11BrN2O2. The molecule has 0 amide bonds. The van der Waals surface area contributed by atoms with Crippen LogP contribution >= 0.6 is 15.9 Å². The van der Waals surface area contributed by atoms with Gasteiger partial charge in [0.25, 0.3) is 0 Å². The second kappa shape index (κ2) is 3.92. The fourth-order valence-corrected chi connectivity index (χ4v) is 2.15. The molecule has 16 heavy (non-hydrogen) atoms. The van der Waals surface area contributed by atoms with Crippen molar-refractivity contribution < 1.29 is 9.90 Å². The molecule has 1 unspecified atom stereocenters. The van der Waals surface area contributed by atoms with Gasteiger partial charge in [-0.1, -0.05) is 15.9 Å². The second-order valence-electron chi connectivity index (χ2n) is 3.65. The quantitative estimate of drug-likeness (QED) is 0.886. The summed E-state index contributed by atoms with van der Waals surface area (Å²) in [6, 6.07) is 6.60. The normalized spacial score (nSPS) is 12.9. The van der Waals surface area contributed by atoms with Crippen LogP contribution in [0.1, 0.15) is 11.7 Å². The van der Waals surface area contributed by atoms with Gasteiger partial charge in [-0.2, -0.15) is 0 Å². The Bertz CT molecular complexity index is 562. The van der Waals surface area contributed by atoms with Crippen LogP contribution in [0, 0.1) is 0 Å². The van der Waals surface area contributed by atoms with E-state index in [9.17, 15) is 4.79 Å². The molecule has 4 nitrogen and oxygen atoms in total. The molecule has 0 bridgehead atoms. The number of carbonyl (C=O) groups is 1. The van der Waals surface area contributed by atoms with Gasteiger partial charge in [-0.05, 0) is 24.3 Å². The third-order valence-electron chi connectivity index (χ3n) is 2.63. The van der Waals surface area contributed by atoms with E-state index in [0.29, 0.717) is 5.69 Å². The molecule has 2 rings (SSSR count). The maximum atomic E-state index is 10.8. The summed E-state index contributed by atoms with van der Waals surface area (Å²) in [7, 11) is 1.81. The number of nitrogens with two attached hydrogens (primary N) is 1. The number of carboxylic acid groups (broad SMARTS) is 1. The van der Waals surface area contributed by atoms with Crippen molar-refractivity contribution in [2.75, 3.05) is 0 Å². The number of aryl methyl sites for hydroxylation is 1. The summed E-state index contributed by atoms with van der Waals surface area (Å²) in [5.74, 6) is -1.02. The number of benzene rings is 1. The van der Waals surface area contributed by atoms with Gasteiger partial charge in [-0.15, -0.1) is 0 Å². The fourth-order valence-electron chi connectivity index (χ4n) is 1.77. The molecule has 5 heteroatoms. The van der Waals surface area contributed by atoms with Crippen LogP contribution in [0.2, 0.25) is 0 Å². The number of hydrogen-bond acceptors (Lipinski definition) is 2. The number of rotatable bonds is 2. The zero-order valence-corrected chi connectivity index (χ0v) is 10.2. The van der Waals surface area contributed by atoms with Crippen LogP contribution in [-0.2, 0) is 11.8 Å². The molecule has 3 N–H and O–H groups in total. The molecule has 0 saturated heterocycles. The lowest BCUT2D eigenvalue weighted by Crippen LogP contribution is -2.22. The van der Waals surface area contributed by atoms with Crippen LogP contribution in [0.4, 0.5) is 0 Å². The van der Waals surface area contributed by atoms with E-state index in [0.717, 1.165) is 15.4 Å². The van der Waals surface area contributed by atoms with E-state index >= 15 is 0 Å². The average Bonchev–Trinajstić information content (AvgIpc) is 2.54. The molecular weight excluding hydrogens is 272 g/mol. The summed E-state index contributed by atoms with van der Waals surface area (Å²) in [5, 5.41) is 9.87. The van der Waals surface area contributed by atoms with Crippen molar-refractivity contribution >= 4 is 32.8 Å². The molecule has 0 radical (unpaired) electrons. The first-order valence-corrected chi connectivity index (χ1v) is 5.53. The second-order valence-corrected chi connectivity index (χ2v) is 4.56. The molecule has 0 fully saturated rings. The van der Waals surface area contributed by atoms with E-state index < -0.39 is 12.0 Å². The number of hydrogen-bond donors (Lipinski definition) is 2. The van der Waals surface area contributed by atoms with Crippen molar-refractivity contribution in [3.05, 3.63) is 34.4 Å². The summed E-state index contributed by atoms with van der Waals surface area (Å²) in [5.41, 5.74) is 7.17. The van der Waals surface area contributed by atoms with E-state index in [1.54, 1.807) is 10.6 Å². The van der Waals surface area contributed by atoms with Crippen LogP contribution in [0.15, 0.2) is 28.7 Å². The predicted octanol–water partition coefficient (Wildman–Crippen LogP) is 2.03. The van der Waals surface area contributed by atoms with Crippen LogP contribution in [0.5, 0.6) is 0 Å². The monoisotopic (exact) mass is 282 g/mol. The average molecular weight is 283 g/mol. The molecule has 1 heterocycles. The summed E-state index contributed by atoms with van der Waals surface area (Å²) < 4.78 is 2.77. The highest BCUT2D eigenvalue weighted by atomic mass is 79.9. The Morgan fingerprint density at radius 2 is 2.19 bits per heavy atom. The Morgan fingerprint density at radius 1 is 1.50 bits per heavy atom. The molecule has 0 aliphatic rings. The molecule has 0 saturated carbocycles. The van der Waals surface area contributed by atoms with E-state index in [1.165, 1.54) is 0 Å². The van der Waals surface area contributed by atoms with Crippen molar-refractivity contribution in [2.45, 2.75) is 6.04 Å². The van der Waals surface area contributed by atoms with Crippen LogP contribution in [0.3, 0.4) is 0 Å². The maximum absolute atomic E-state index is 10.8. The van der Waals surface area contributed by atoms with Crippen molar-refractivity contribution in [1.82, 2.24) is 4.57 Å². The predicted molar refractivity (Wildman–Crippen MR) is 65.2 cm³/mol. The number of fused-ring (bicyclic) bond motifs is 1. The smallest absolute Gasteiger partial charge is 0.326 e. The van der Waals surface area contributed by atoms with Gasteiger partial charge in [0.1, 0.15) is 6.04 Å². The highest BCUT2D eigenvalue weighted by molar-refractivity contribution is 9.10. The van der Waals surface area contributed by atoms with Crippen molar-refractivity contribution in [3.8, 4) is 0 Å². The Kier molecular flexibility index (Phi) is 2.73. The number of nitrogens with zero attached hydrogens (tertiary/aromatic N) is 1. The van der Waals surface area contributed by atoms with Gasteiger partial charge in [-0.25, -0.2) is 0 Å². The summed E-state index contributed by atoms with van der Waals surface area (Å²) in [6.45, 7) is 0. The van der Waals surface area contributed by atoms with Crippen LogP contribution in [0.25, 0.3) is 10.9 Å². The Balaban J connectivity index is 2.64. The number of aromatic nitrogens is 1. The summed E-state index contributed by atoms with van der Waals surface area (Å²) in [4.78, 5) is 10.8. The highest BCUT2D eigenvalue weighted by Crippen LogP contribution is 2.25. The molecule has 0 aliphatic heterocycles. The Morgan fingerprint density at radius 3 is 2.81 bits per heavy atom. The number of carboxylic acids is 1. The first kappa shape index (κ1) is 11.2. The minimum atomic E-state index is -1.02. The van der Waals surface area contributed by atoms with Crippen LogP contribution < -0.4 is 5.73 Å². The lowest BCUT2D eigenvalue weighted by molar-refractivity contribution is -0.138. The van der Waals surface area contributed by atoms with E-state index in [2.05, 4.69) is 15.9 Å². The van der Waals surface area contributed by atoms with Crippen molar-refractivity contribution in [2.24, 2.45) is 12.8 Å². The molecule has 1 atom stereocenters. The summed E-state index contributed by atoms with van der Waals surface area (Å²) in [6.07, 6.45) is 0. The minimum Gasteiger partial charge on any atom is -0.480 e. The van der Waals surface area contributed by atoms with Gasteiger partial charge in [-0.3, -0.25) is 4.79 Å². The molecule has 0 aliphatic carbocycles. The lowest BCUT2D eigenvalue weighted by atomic mass is 10.2. The molecule has 2 aromatic rings. The van der Waals surface area contributed by atoms with E-state index in [1.807, 2.05) is 25.2 Å². The maximum Gasteiger partial charge on any atom is 0.326 e. The van der Waals surface area contributed by atoms with E-state index in [-0.39, 0.29) is 0 Å². The zero-order valence-electron chi connectivity index (χ0n) is 8.64. The van der Waals surface area contributed by atoms with Crippen molar-refractivity contribution in [1.29, 1.82) is 0 Å². The van der Waals surface area contributed by atoms with Gasteiger partial charge < -0.3 is 15.4 Å². The molecule has 0 spiro atoms. The molecule has 84 valence electrons. The first-order valence-electron chi connectivity index (χ1n) is 4.74. The number of aliphatic carboxylic acids is 1. The van der Waals surface area contributed by atoms with Crippen LogP contribution in [-0.4, -0.2) is 15.6 Å². The van der Waals surface area contributed by atoms with Crippen molar-refractivity contribution in [3.63, 3.8) is 0 Å². The molecule has 1 aromatic carbocycles. The lowest BCUT2D eigenvalue weighted by Gasteiger charge is -2.07. The van der Waals surface area contributed by atoms with Gasteiger partial charge in [0.05, 0.1) is 0 Å². The van der Waals surface area contributed by atoms with Gasteiger partial charge >= 0.3 is 5.97 Å². The first-order chi connectivity index (χ1) is 7.50.